The monoisotopic (exact) mass is 440 g/mol. The Kier molecular flexibility index (Phi) is 4.89. The quantitative estimate of drug-likeness (QED) is 0.367. The number of amides is 2. The lowest BCUT2D eigenvalue weighted by Gasteiger charge is -2.09. The maximum atomic E-state index is 12.8. The zero-order valence-electron chi connectivity index (χ0n) is 14.1. The van der Waals surface area contributed by atoms with Crippen LogP contribution in [0.5, 0.6) is 0 Å². The van der Waals surface area contributed by atoms with E-state index in [9.17, 15) is 18.0 Å². The van der Waals surface area contributed by atoms with Gasteiger partial charge in [0.15, 0.2) is 9.47 Å². The number of carbonyl (C=O) groups excluding carboxylic acids is 1. The van der Waals surface area contributed by atoms with Gasteiger partial charge in [-0.3, -0.25) is 5.32 Å². The molecule has 0 aliphatic heterocycles. The SMILES string of the molecule is CSc1nc2ccc3nc(NC(=O)Nc4cccc(C(F)(F)F)c4)sc3c2s1. The van der Waals surface area contributed by atoms with Crippen molar-refractivity contribution in [2.45, 2.75) is 10.5 Å². The Morgan fingerprint density at radius 2 is 1.75 bits per heavy atom. The van der Waals surface area contributed by atoms with Crippen molar-refractivity contribution in [2.24, 2.45) is 0 Å². The largest absolute Gasteiger partial charge is 0.416 e. The molecule has 5 nitrogen and oxygen atoms in total. The van der Waals surface area contributed by atoms with Crippen molar-refractivity contribution >= 4 is 71.7 Å². The van der Waals surface area contributed by atoms with Crippen LogP contribution in [0.4, 0.5) is 28.8 Å². The van der Waals surface area contributed by atoms with E-state index in [1.807, 2.05) is 18.4 Å². The normalized spacial score (nSPS) is 11.9. The Hall–Kier alpha value is -2.37. The average molecular weight is 440 g/mol. The number of carbonyl (C=O) groups is 1. The van der Waals surface area contributed by atoms with Crippen LogP contribution in [0.15, 0.2) is 40.7 Å². The molecule has 0 aliphatic carbocycles. The van der Waals surface area contributed by atoms with Crippen molar-refractivity contribution in [1.82, 2.24) is 9.97 Å². The summed E-state index contributed by atoms with van der Waals surface area (Å²) in [6.07, 6.45) is -2.52. The third-order valence-corrected chi connectivity index (χ3v) is 6.94. The molecule has 2 aromatic heterocycles. The standard InChI is InChI=1S/C17H11F3N4OS3/c1-26-16-23-11-6-5-10-12(13(11)28-16)27-15(22-10)24-14(25)21-9-4-2-3-8(7-9)17(18,19)20/h2-7H,1H3,(H2,21,22,24,25). The molecular formula is C17H11F3N4OS3. The van der Waals surface area contributed by atoms with E-state index >= 15 is 0 Å². The fourth-order valence-corrected chi connectivity index (χ4v) is 5.18. The van der Waals surface area contributed by atoms with Gasteiger partial charge >= 0.3 is 12.2 Å². The predicted molar refractivity (Wildman–Crippen MR) is 109 cm³/mol. The van der Waals surface area contributed by atoms with Crippen molar-refractivity contribution in [1.29, 1.82) is 0 Å². The van der Waals surface area contributed by atoms with Crippen molar-refractivity contribution in [2.75, 3.05) is 16.9 Å². The number of thiazole rings is 2. The molecule has 0 aliphatic rings. The first-order valence-electron chi connectivity index (χ1n) is 7.83. The first-order valence-corrected chi connectivity index (χ1v) is 10.7. The molecule has 0 bridgehead atoms. The second kappa shape index (κ2) is 7.22. The molecule has 0 atom stereocenters. The van der Waals surface area contributed by atoms with E-state index in [0.29, 0.717) is 5.13 Å². The number of hydrogen-bond acceptors (Lipinski definition) is 6. The first kappa shape index (κ1) is 19.0. The second-order valence-electron chi connectivity index (χ2n) is 5.62. The van der Waals surface area contributed by atoms with Gasteiger partial charge in [0.2, 0.25) is 0 Å². The Morgan fingerprint density at radius 3 is 2.46 bits per heavy atom. The van der Waals surface area contributed by atoms with E-state index in [0.717, 1.165) is 36.9 Å². The van der Waals surface area contributed by atoms with E-state index in [2.05, 4.69) is 20.6 Å². The lowest BCUT2D eigenvalue weighted by atomic mass is 10.2. The zero-order valence-corrected chi connectivity index (χ0v) is 16.6. The average Bonchev–Trinajstić information content (AvgIpc) is 3.23. The Morgan fingerprint density at radius 1 is 1.04 bits per heavy atom. The van der Waals surface area contributed by atoms with E-state index < -0.39 is 17.8 Å². The van der Waals surface area contributed by atoms with E-state index in [-0.39, 0.29) is 5.69 Å². The Balaban J connectivity index is 1.55. The molecule has 2 aromatic carbocycles. The minimum absolute atomic E-state index is 0.0443. The van der Waals surface area contributed by atoms with Crippen LogP contribution < -0.4 is 10.6 Å². The molecule has 2 amide bonds. The molecule has 0 saturated carbocycles. The number of alkyl halides is 3. The summed E-state index contributed by atoms with van der Waals surface area (Å²) < 4.78 is 41.2. The van der Waals surface area contributed by atoms with Crippen molar-refractivity contribution in [3.63, 3.8) is 0 Å². The van der Waals surface area contributed by atoms with Crippen LogP contribution >= 0.6 is 34.4 Å². The van der Waals surface area contributed by atoms with Crippen LogP contribution in [-0.2, 0) is 6.18 Å². The number of aromatic nitrogens is 2. The maximum Gasteiger partial charge on any atom is 0.416 e. The van der Waals surface area contributed by atoms with Crippen LogP contribution in [0.25, 0.3) is 20.4 Å². The van der Waals surface area contributed by atoms with Crippen molar-refractivity contribution in [3.05, 3.63) is 42.0 Å². The molecular weight excluding hydrogens is 429 g/mol. The summed E-state index contributed by atoms with van der Waals surface area (Å²) in [6.45, 7) is 0. The number of benzene rings is 2. The Labute approximate surface area is 169 Å². The smallest absolute Gasteiger partial charge is 0.308 e. The fraction of sp³-hybridized carbons (Fsp3) is 0.118. The number of thioether (sulfide) groups is 1. The van der Waals surface area contributed by atoms with Crippen molar-refractivity contribution in [3.8, 4) is 0 Å². The van der Waals surface area contributed by atoms with Gasteiger partial charge < -0.3 is 5.32 Å². The molecule has 0 spiro atoms. The van der Waals surface area contributed by atoms with Gasteiger partial charge in [-0.2, -0.15) is 13.2 Å². The van der Waals surface area contributed by atoms with Gasteiger partial charge in [-0.15, -0.1) is 11.3 Å². The van der Waals surface area contributed by atoms with Gasteiger partial charge in [-0.1, -0.05) is 29.2 Å². The predicted octanol–water partition coefficient (Wildman–Crippen LogP) is 6.29. The lowest BCUT2D eigenvalue weighted by Crippen LogP contribution is -2.19. The third-order valence-electron chi connectivity index (χ3n) is 3.74. The van der Waals surface area contributed by atoms with Crippen LogP contribution in [0.1, 0.15) is 5.56 Å². The van der Waals surface area contributed by atoms with Gasteiger partial charge in [0.1, 0.15) is 0 Å². The highest BCUT2D eigenvalue weighted by molar-refractivity contribution is 8.00. The number of nitrogens with zero attached hydrogens (tertiary/aromatic N) is 2. The number of fused-ring (bicyclic) bond motifs is 3. The number of urea groups is 1. The zero-order chi connectivity index (χ0) is 19.9. The maximum absolute atomic E-state index is 12.8. The number of nitrogens with one attached hydrogen (secondary N) is 2. The second-order valence-corrected chi connectivity index (χ2v) is 8.67. The van der Waals surface area contributed by atoms with Gasteiger partial charge in [0.25, 0.3) is 0 Å². The topological polar surface area (TPSA) is 66.9 Å². The van der Waals surface area contributed by atoms with E-state index in [1.54, 1.807) is 23.1 Å². The summed E-state index contributed by atoms with van der Waals surface area (Å²) in [7, 11) is 0. The highest BCUT2D eigenvalue weighted by atomic mass is 32.2. The molecule has 0 fully saturated rings. The molecule has 2 N–H and O–H groups in total. The van der Waals surface area contributed by atoms with E-state index in [4.69, 9.17) is 0 Å². The summed E-state index contributed by atoms with van der Waals surface area (Å²) >= 11 is 4.40. The summed E-state index contributed by atoms with van der Waals surface area (Å²) in [4.78, 5) is 21.1. The molecule has 4 aromatic rings. The third kappa shape index (κ3) is 3.77. The molecule has 0 unspecified atom stereocenters. The van der Waals surface area contributed by atoms with Gasteiger partial charge in [0, 0.05) is 5.69 Å². The minimum Gasteiger partial charge on any atom is -0.308 e. The highest BCUT2D eigenvalue weighted by Crippen LogP contribution is 2.38. The fourth-order valence-electron chi connectivity index (χ4n) is 2.53. The molecule has 0 saturated heterocycles. The number of anilines is 2. The van der Waals surface area contributed by atoms with Gasteiger partial charge in [-0.25, -0.2) is 14.8 Å². The van der Waals surface area contributed by atoms with Crippen LogP contribution in [0, 0.1) is 0 Å². The summed E-state index contributed by atoms with van der Waals surface area (Å²) in [5.41, 5.74) is 0.805. The number of rotatable bonds is 3. The Bertz CT molecular complexity index is 1190. The van der Waals surface area contributed by atoms with Crippen LogP contribution in [0.3, 0.4) is 0 Å². The van der Waals surface area contributed by atoms with E-state index in [1.165, 1.54) is 23.5 Å². The molecule has 0 radical (unpaired) electrons. The van der Waals surface area contributed by atoms with Gasteiger partial charge in [0.05, 0.1) is 26.0 Å². The molecule has 144 valence electrons. The van der Waals surface area contributed by atoms with Gasteiger partial charge in [-0.05, 0) is 36.6 Å². The van der Waals surface area contributed by atoms with Crippen molar-refractivity contribution < 1.29 is 18.0 Å². The van der Waals surface area contributed by atoms with Crippen LogP contribution in [-0.4, -0.2) is 22.3 Å². The molecule has 2 heterocycles. The minimum atomic E-state index is -4.48. The molecule has 4 rings (SSSR count). The molecule has 28 heavy (non-hydrogen) atoms. The number of halogens is 3. The summed E-state index contributed by atoms with van der Waals surface area (Å²) in [6, 6.07) is 7.48. The lowest BCUT2D eigenvalue weighted by molar-refractivity contribution is -0.137. The molecule has 11 heteroatoms. The van der Waals surface area contributed by atoms with Crippen LogP contribution in [0.2, 0.25) is 0 Å². The summed E-state index contributed by atoms with van der Waals surface area (Å²) in [5, 5.41) is 5.33. The highest BCUT2D eigenvalue weighted by Gasteiger charge is 2.30. The number of hydrogen-bond donors (Lipinski definition) is 2. The summed E-state index contributed by atoms with van der Waals surface area (Å²) in [5.74, 6) is 0. The first-order chi connectivity index (χ1) is 13.3.